The quantitative estimate of drug-likeness (QED) is 0.371. The molecule has 1 unspecified atom stereocenters. The first-order valence-electron chi connectivity index (χ1n) is 8.06. The standard InChI is InChI=1S/C17H21BrFN5O.HI/c1-20-17(21-8-12-7-14(18)3-4-15(12)19)24-5-6-25-16(11-24)13-9-22-23(2)10-13;/h3-4,7,9-10,16H,5-6,8,11H2,1-2H3,(H,20,21);1H. The maximum atomic E-state index is 13.9. The highest BCUT2D eigenvalue weighted by Gasteiger charge is 2.25. The van der Waals surface area contributed by atoms with Crippen molar-refractivity contribution in [2.24, 2.45) is 12.0 Å². The third-order valence-corrected chi connectivity index (χ3v) is 4.61. The molecule has 0 bridgehead atoms. The summed E-state index contributed by atoms with van der Waals surface area (Å²) in [4.78, 5) is 6.46. The van der Waals surface area contributed by atoms with E-state index in [1.165, 1.54) is 6.07 Å². The van der Waals surface area contributed by atoms with Gasteiger partial charge in [0.1, 0.15) is 11.9 Å². The lowest BCUT2D eigenvalue weighted by atomic mass is 10.1. The summed E-state index contributed by atoms with van der Waals surface area (Å²) in [5.74, 6) is 0.498. The molecule has 2 heterocycles. The van der Waals surface area contributed by atoms with Gasteiger partial charge in [0.25, 0.3) is 0 Å². The second-order valence-corrected chi connectivity index (χ2v) is 6.80. The van der Waals surface area contributed by atoms with E-state index in [1.54, 1.807) is 23.9 Å². The van der Waals surface area contributed by atoms with Crippen molar-refractivity contribution in [3.05, 3.63) is 52.0 Å². The zero-order valence-electron chi connectivity index (χ0n) is 14.7. The van der Waals surface area contributed by atoms with Crippen LogP contribution in [0.15, 0.2) is 40.1 Å². The molecule has 0 aliphatic carbocycles. The fourth-order valence-electron chi connectivity index (χ4n) is 2.84. The molecule has 142 valence electrons. The second-order valence-electron chi connectivity index (χ2n) is 5.89. The summed E-state index contributed by atoms with van der Waals surface area (Å²) in [7, 11) is 3.62. The molecular formula is C17H22BrFIN5O. The van der Waals surface area contributed by atoms with Gasteiger partial charge in [-0.05, 0) is 18.2 Å². The van der Waals surface area contributed by atoms with Crippen LogP contribution in [0.4, 0.5) is 4.39 Å². The van der Waals surface area contributed by atoms with Crippen LogP contribution in [0.5, 0.6) is 0 Å². The molecule has 9 heteroatoms. The number of benzene rings is 1. The minimum atomic E-state index is -0.235. The number of morpholine rings is 1. The fourth-order valence-corrected chi connectivity index (χ4v) is 3.24. The summed E-state index contributed by atoms with van der Waals surface area (Å²) >= 11 is 3.37. The Balaban J connectivity index is 0.00000243. The molecule has 0 amide bonds. The van der Waals surface area contributed by atoms with Gasteiger partial charge in [0.15, 0.2) is 5.96 Å². The van der Waals surface area contributed by atoms with Crippen LogP contribution >= 0.6 is 39.9 Å². The van der Waals surface area contributed by atoms with Crippen molar-refractivity contribution >= 4 is 45.9 Å². The topological polar surface area (TPSA) is 54.7 Å². The Kier molecular flexibility index (Phi) is 7.84. The van der Waals surface area contributed by atoms with Crippen molar-refractivity contribution in [3.8, 4) is 0 Å². The zero-order valence-corrected chi connectivity index (χ0v) is 18.6. The minimum Gasteiger partial charge on any atom is -0.370 e. The number of rotatable bonds is 3. The molecule has 2 aromatic rings. The number of ether oxygens (including phenoxy) is 1. The Morgan fingerprint density at radius 2 is 2.31 bits per heavy atom. The molecule has 1 fully saturated rings. The van der Waals surface area contributed by atoms with Crippen molar-refractivity contribution in [3.63, 3.8) is 0 Å². The van der Waals surface area contributed by atoms with Crippen molar-refractivity contribution in [2.45, 2.75) is 12.6 Å². The molecule has 1 aromatic carbocycles. The van der Waals surface area contributed by atoms with Gasteiger partial charge in [-0.25, -0.2) is 4.39 Å². The summed E-state index contributed by atoms with van der Waals surface area (Å²) in [6.07, 6.45) is 3.73. The highest BCUT2D eigenvalue weighted by molar-refractivity contribution is 14.0. The molecule has 0 saturated carbocycles. The maximum Gasteiger partial charge on any atom is 0.194 e. The first-order chi connectivity index (χ1) is 12.1. The summed E-state index contributed by atoms with van der Waals surface area (Å²) in [5, 5.41) is 7.44. The number of halogens is 3. The predicted molar refractivity (Wildman–Crippen MR) is 113 cm³/mol. The lowest BCUT2D eigenvalue weighted by Crippen LogP contribution is -2.48. The van der Waals surface area contributed by atoms with Gasteiger partial charge in [0, 0.05) is 49.0 Å². The van der Waals surface area contributed by atoms with Gasteiger partial charge < -0.3 is 15.0 Å². The van der Waals surface area contributed by atoms with E-state index in [2.05, 4.69) is 36.2 Å². The van der Waals surface area contributed by atoms with E-state index in [0.29, 0.717) is 25.3 Å². The highest BCUT2D eigenvalue weighted by Crippen LogP contribution is 2.22. The van der Waals surface area contributed by atoms with Gasteiger partial charge >= 0.3 is 0 Å². The van der Waals surface area contributed by atoms with Gasteiger partial charge in [0.05, 0.1) is 19.3 Å². The number of aromatic nitrogens is 2. The van der Waals surface area contributed by atoms with Gasteiger partial charge in [-0.15, -0.1) is 24.0 Å². The van der Waals surface area contributed by atoms with Crippen molar-refractivity contribution < 1.29 is 9.13 Å². The maximum absolute atomic E-state index is 13.9. The minimum absolute atomic E-state index is 0. The average molecular weight is 538 g/mol. The Morgan fingerprint density at radius 3 is 3.00 bits per heavy atom. The monoisotopic (exact) mass is 537 g/mol. The number of nitrogens with zero attached hydrogens (tertiary/aromatic N) is 4. The molecule has 1 aliphatic heterocycles. The lowest BCUT2D eigenvalue weighted by molar-refractivity contribution is -0.00805. The number of aryl methyl sites for hydroxylation is 1. The van der Waals surface area contributed by atoms with Crippen LogP contribution in [0, 0.1) is 5.82 Å². The third-order valence-electron chi connectivity index (χ3n) is 4.12. The lowest BCUT2D eigenvalue weighted by Gasteiger charge is -2.34. The summed E-state index contributed by atoms with van der Waals surface area (Å²) in [5.41, 5.74) is 1.63. The van der Waals surface area contributed by atoms with Crippen LogP contribution in [0.1, 0.15) is 17.2 Å². The average Bonchev–Trinajstić information content (AvgIpc) is 3.05. The molecule has 1 aliphatic rings. The van der Waals surface area contributed by atoms with Crippen molar-refractivity contribution in [1.82, 2.24) is 20.0 Å². The van der Waals surface area contributed by atoms with E-state index in [-0.39, 0.29) is 35.9 Å². The number of hydrogen-bond donors (Lipinski definition) is 1. The van der Waals surface area contributed by atoms with Crippen LogP contribution in [0.2, 0.25) is 0 Å². The molecule has 3 rings (SSSR count). The van der Waals surface area contributed by atoms with Crippen LogP contribution in [0.25, 0.3) is 0 Å². The molecule has 1 saturated heterocycles. The first-order valence-corrected chi connectivity index (χ1v) is 8.86. The van der Waals surface area contributed by atoms with E-state index < -0.39 is 0 Å². The zero-order chi connectivity index (χ0) is 17.8. The summed E-state index contributed by atoms with van der Waals surface area (Å²) < 4.78 is 22.4. The molecule has 0 spiro atoms. The van der Waals surface area contributed by atoms with Gasteiger partial charge in [-0.3, -0.25) is 9.67 Å². The second kappa shape index (κ2) is 9.65. The van der Waals surface area contributed by atoms with Gasteiger partial charge in [-0.1, -0.05) is 15.9 Å². The molecule has 1 N–H and O–H groups in total. The molecule has 0 radical (unpaired) electrons. The van der Waals surface area contributed by atoms with Gasteiger partial charge in [0.2, 0.25) is 0 Å². The molecule has 6 nitrogen and oxygen atoms in total. The van der Waals surface area contributed by atoms with E-state index >= 15 is 0 Å². The Labute approximate surface area is 178 Å². The van der Waals surface area contributed by atoms with Crippen LogP contribution in [0.3, 0.4) is 0 Å². The molecule has 26 heavy (non-hydrogen) atoms. The van der Waals surface area contributed by atoms with E-state index in [4.69, 9.17) is 4.74 Å². The normalized spacial score (nSPS) is 17.8. The van der Waals surface area contributed by atoms with E-state index in [9.17, 15) is 4.39 Å². The van der Waals surface area contributed by atoms with Crippen LogP contribution < -0.4 is 5.32 Å². The van der Waals surface area contributed by atoms with E-state index in [1.807, 2.05) is 19.4 Å². The Morgan fingerprint density at radius 1 is 1.50 bits per heavy atom. The van der Waals surface area contributed by atoms with Crippen LogP contribution in [-0.2, 0) is 18.3 Å². The summed E-state index contributed by atoms with van der Waals surface area (Å²) in [6, 6.07) is 4.92. The molecular weight excluding hydrogens is 516 g/mol. The van der Waals surface area contributed by atoms with E-state index in [0.717, 1.165) is 22.5 Å². The van der Waals surface area contributed by atoms with Gasteiger partial charge in [-0.2, -0.15) is 5.10 Å². The fraction of sp³-hybridized carbons (Fsp3) is 0.412. The molecule has 1 aromatic heterocycles. The SMILES string of the molecule is CN=C(NCc1cc(Br)ccc1F)N1CCOC(c2cnn(C)c2)C1.I. The molecule has 1 atom stereocenters. The Bertz CT molecular complexity index is 769. The number of guanidine groups is 1. The Hall–Kier alpha value is -1.20. The van der Waals surface area contributed by atoms with Crippen LogP contribution in [-0.4, -0.2) is 47.4 Å². The summed E-state index contributed by atoms with van der Waals surface area (Å²) in [6.45, 7) is 2.38. The predicted octanol–water partition coefficient (Wildman–Crippen LogP) is 3.09. The number of hydrogen-bond acceptors (Lipinski definition) is 3. The first kappa shape index (κ1) is 21.1. The third kappa shape index (κ3) is 5.17. The van der Waals surface area contributed by atoms with Crippen molar-refractivity contribution in [2.75, 3.05) is 26.7 Å². The largest absolute Gasteiger partial charge is 0.370 e. The highest BCUT2D eigenvalue weighted by atomic mass is 127. The number of nitrogens with one attached hydrogen (secondary N) is 1. The number of aliphatic imine (C=N–C) groups is 1. The smallest absolute Gasteiger partial charge is 0.194 e. The van der Waals surface area contributed by atoms with Crippen molar-refractivity contribution in [1.29, 1.82) is 0 Å².